The number of aliphatic hydroxyl groups excluding tert-OH is 3. The van der Waals surface area contributed by atoms with Crippen molar-refractivity contribution in [1.29, 1.82) is 0 Å². The van der Waals surface area contributed by atoms with E-state index in [0.717, 1.165) is 18.2 Å². The van der Waals surface area contributed by atoms with Crippen LogP contribution in [0.5, 0.6) is 34.5 Å². The Morgan fingerprint density at radius 1 is 0.818 bits per heavy atom. The monoisotopic (exact) mass is 610 g/mol. The number of carbonyl (C=O) groups excluding carboxylic acids is 1. The van der Waals surface area contributed by atoms with Crippen molar-refractivity contribution in [3.8, 4) is 45.8 Å². The first-order valence-corrected chi connectivity index (χ1v) is 13.0. The molecule has 0 bridgehead atoms. The van der Waals surface area contributed by atoms with Crippen LogP contribution in [-0.2, 0) is 14.3 Å². The van der Waals surface area contributed by atoms with Gasteiger partial charge < -0.3 is 59.5 Å². The van der Waals surface area contributed by atoms with Gasteiger partial charge >= 0.3 is 5.97 Å². The van der Waals surface area contributed by atoms with Crippen LogP contribution in [0.2, 0.25) is 0 Å². The number of ether oxygens (including phenoxy) is 3. The number of carbonyl (C=O) groups is 1. The van der Waals surface area contributed by atoms with E-state index in [1.807, 2.05) is 0 Å². The van der Waals surface area contributed by atoms with Gasteiger partial charge in [-0.05, 0) is 48.0 Å². The Morgan fingerprint density at radius 3 is 2.25 bits per heavy atom. The van der Waals surface area contributed by atoms with Crippen molar-refractivity contribution in [2.24, 2.45) is 0 Å². The van der Waals surface area contributed by atoms with Crippen molar-refractivity contribution in [2.75, 3.05) is 6.61 Å². The van der Waals surface area contributed by atoms with Gasteiger partial charge in [0.25, 0.3) is 0 Å². The first-order chi connectivity index (χ1) is 20.9. The van der Waals surface area contributed by atoms with E-state index in [1.165, 1.54) is 48.5 Å². The fraction of sp³-hybridized carbons (Fsp3) is 0.200. The van der Waals surface area contributed by atoms with Gasteiger partial charge in [0, 0.05) is 23.8 Å². The molecule has 14 nitrogen and oxygen atoms in total. The quantitative estimate of drug-likeness (QED) is 0.0840. The van der Waals surface area contributed by atoms with Gasteiger partial charge in [-0.25, -0.2) is 4.79 Å². The highest BCUT2D eigenvalue weighted by Crippen LogP contribution is 2.37. The first kappa shape index (κ1) is 30.2. The minimum atomic E-state index is -1.92. The molecule has 14 heteroatoms. The highest BCUT2D eigenvalue weighted by Gasteiger charge is 2.46. The predicted octanol–water partition coefficient (Wildman–Crippen LogP) is 1.43. The standard InChI is InChI=1S/C30H26O14/c31-15-5-3-14(4-6-15)28-29(25(38)23-19(35)10-16(32)11-20(23)42-28)44-30-27(40)26(39)24(37)21(43-30)12-41-22(36)8-2-13-1-7-17(33)18(34)9-13/h1-11,21,24,26-27,30-35,37,39-40H,12H2/b8-2+/t21-,24+,26+,27-,30+/m0/s1. The Labute approximate surface area is 247 Å². The van der Waals surface area contributed by atoms with Crippen LogP contribution in [0.4, 0.5) is 0 Å². The second kappa shape index (κ2) is 12.1. The van der Waals surface area contributed by atoms with Gasteiger partial charge in [-0.3, -0.25) is 4.79 Å². The molecular formula is C30H26O14. The van der Waals surface area contributed by atoms with Gasteiger partial charge in [0.2, 0.25) is 17.5 Å². The van der Waals surface area contributed by atoms with Crippen LogP contribution in [0, 0.1) is 0 Å². The van der Waals surface area contributed by atoms with E-state index in [4.69, 9.17) is 18.6 Å². The summed E-state index contributed by atoms with van der Waals surface area (Å²) in [6.45, 7) is -0.633. The lowest BCUT2D eigenvalue weighted by molar-refractivity contribution is -0.278. The number of phenolic OH excluding ortho intramolecular Hbond substituents is 5. The van der Waals surface area contributed by atoms with Gasteiger partial charge in [-0.2, -0.15) is 0 Å². The van der Waals surface area contributed by atoms with E-state index in [-0.39, 0.29) is 33.8 Å². The van der Waals surface area contributed by atoms with E-state index in [1.54, 1.807) is 0 Å². The number of phenols is 5. The molecule has 5 rings (SSSR count). The van der Waals surface area contributed by atoms with E-state index in [2.05, 4.69) is 0 Å². The molecule has 5 atom stereocenters. The third-order valence-corrected chi connectivity index (χ3v) is 6.75. The Morgan fingerprint density at radius 2 is 1.55 bits per heavy atom. The fourth-order valence-electron chi connectivity index (χ4n) is 4.47. The lowest BCUT2D eigenvalue weighted by Crippen LogP contribution is -2.60. The number of rotatable bonds is 7. The molecule has 1 aromatic heterocycles. The van der Waals surface area contributed by atoms with Crippen molar-refractivity contribution in [3.05, 3.63) is 76.5 Å². The number of aliphatic hydroxyl groups is 3. The van der Waals surface area contributed by atoms with Gasteiger partial charge in [0.05, 0.1) is 0 Å². The van der Waals surface area contributed by atoms with E-state index < -0.39 is 71.7 Å². The normalized spacial score (nSPS) is 21.8. The SMILES string of the molecule is O=C(/C=C/c1ccc(O)c(O)c1)OC[C@@H]1O[C@H](Oc2c(-c3ccc(O)cc3)oc3cc(O)cc(O)c3c2=O)[C@@H](O)[C@H](O)[C@@H]1O. The second-order valence-corrected chi connectivity index (χ2v) is 9.82. The number of hydrogen-bond donors (Lipinski definition) is 8. The van der Waals surface area contributed by atoms with Gasteiger partial charge in [-0.15, -0.1) is 0 Å². The Balaban J connectivity index is 1.41. The van der Waals surface area contributed by atoms with Crippen LogP contribution in [0.3, 0.4) is 0 Å². The van der Waals surface area contributed by atoms with Crippen molar-refractivity contribution >= 4 is 23.0 Å². The summed E-state index contributed by atoms with van der Waals surface area (Å²) in [6, 6.07) is 11.2. The number of fused-ring (bicyclic) bond motifs is 1. The zero-order chi connectivity index (χ0) is 31.7. The lowest BCUT2D eigenvalue weighted by Gasteiger charge is -2.39. The summed E-state index contributed by atoms with van der Waals surface area (Å²) in [7, 11) is 0. The van der Waals surface area contributed by atoms with Crippen molar-refractivity contribution < 1.29 is 64.3 Å². The second-order valence-electron chi connectivity index (χ2n) is 9.82. The van der Waals surface area contributed by atoms with Crippen LogP contribution in [0.15, 0.2) is 69.9 Å². The summed E-state index contributed by atoms with van der Waals surface area (Å²) < 4.78 is 22.2. The summed E-state index contributed by atoms with van der Waals surface area (Å²) in [6.07, 6.45) is -6.57. The van der Waals surface area contributed by atoms with Crippen LogP contribution >= 0.6 is 0 Å². The molecule has 1 fully saturated rings. The molecule has 0 saturated carbocycles. The summed E-state index contributed by atoms with van der Waals surface area (Å²) in [5.41, 5.74) is -0.608. The highest BCUT2D eigenvalue weighted by atomic mass is 16.7. The zero-order valence-corrected chi connectivity index (χ0v) is 22.5. The fourth-order valence-corrected chi connectivity index (χ4v) is 4.47. The first-order valence-electron chi connectivity index (χ1n) is 13.0. The highest BCUT2D eigenvalue weighted by molar-refractivity contribution is 5.88. The Bertz CT molecular complexity index is 1780. The molecule has 230 valence electrons. The lowest BCUT2D eigenvalue weighted by atomic mass is 9.99. The summed E-state index contributed by atoms with van der Waals surface area (Å²) in [5, 5.41) is 80.2. The smallest absolute Gasteiger partial charge is 0.330 e. The van der Waals surface area contributed by atoms with Crippen LogP contribution in [-0.4, -0.2) is 84.1 Å². The zero-order valence-electron chi connectivity index (χ0n) is 22.5. The van der Waals surface area contributed by atoms with Crippen molar-refractivity contribution in [3.63, 3.8) is 0 Å². The minimum Gasteiger partial charge on any atom is -0.508 e. The molecule has 2 heterocycles. The maximum Gasteiger partial charge on any atom is 0.330 e. The molecule has 0 unspecified atom stereocenters. The number of hydrogen-bond acceptors (Lipinski definition) is 14. The maximum absolute atomic E-state index is 13.5. The van der Waals surface area contributed by atoms with Crippen LogP contribution in [0.1, 0.15) is 5.56 Å². The maximum atomic E-state index is 13.5. The van der Waals surface area contributed by atoms with Crippen molar-refractivity contribution in [1.82, 2.24) is 0 Å². The molecule has 0 radical (unpaired) electrons. The summed E-state index contributed by atoms with van der Waals surface area (Å²) in [4.78, 5) is 25.8. The predicted molar refractivity (Wildman–Crippen MR) is 150 cm³/mol. The molecule has 4 aromatic rings. The summed E-state index contributed by atoms with van der Waals surface area (Å²) in [5.74, 6) is -3.65. The minimum absolute atomic E-state index is 0.105. The van der Waals surface area contributed by atoms with Crippen LogP contribution in [0.25, 0.3) is 28.4 Å². The largest absolute Gasteiger partial charge is 0.508 e. The van der Waals surface area contributed by atoms with E-state index in [9.17, 15) is 50.4 Å². The van der Waals surface area contributed by atoms with Gasteiger partial charge in [0.1, 0.15) is 59.2 Å². The number of benzene rings is 3. The Kier molecular flexibility index (Phi) is 8.33. The molecule has 44 heavy (non-hydrogen) atoms. The van der Waals surface area contributed by atoms with Crippen LogP contribution < -0.4 is 10.2 Å². The van der Waals surface area contributed by atoms with E-state index in [0.29, 0.717) is 5.56 Å². The van der Waals surface area contributed by atoms with E-state index >= 15 is 0 Å². The topological polar surface area (TPSA) is 237 Å². The average Bonchev–Trinajstić information content (AvgIpc) is 2.98. The molecule has 0 amide bonds. The van der Waals surface area contributed by atoms with Gasteiger partial charge in [0.15, 0.2) is 17.3 Å². The third kappa shape index (κ3) is 6.09. The molecule has 8 N–H and O–H groups in total. The van der Waals surface area contributed by atoms with Crippen molar-refractivity contribution in [2.45, 2.75) is 30.7 Å². The molecule has 3 aromatic carbocycles. The molecule has 1 saturated heterocycles. The third-order valence-electron chi connectivity index (χ3n) is 6.75. The molecule has 1 aliphatic rings. The number of esters is 1. The number of aromatic hydroxyl groups is 5. The molecule has 0 aliphatic carbocycles. The molecule has 1 aliphatic heterocycles. The average molecular weight is 611 g/mol. The van der Waals surface area contributed by atoms with Gasteiger partial charge in [-0.1, -0.05) is 6.07 Å². The molecule has 0 spiro atoms. The molecular weight excluding hydrogens is 584 g/mol. The Hall–Kier alpha value is -5.28. The summed E-state index contributed by atoms with van der Waals surface area (Å²) >= 11 is 0.